The molecule has 1 aromatic rings. The van der Waals surface area contributed by atoms with Gasteiger partial charge in [-0.15, -0.1) is 0 Å². The highest BCUT2D eigenvalue weighted by atomic mass is 16.2. The topological polar surface area (TPSA) is 37.4 Å². The van der Waals surface area contributed by atoms with E-state index in [0.717, 1.165) is 29.7 Å². The summed E-state index contributed by atoms with van der Waals surface area (Å²) in [7, 11) is 0. The zero-order valence-electron chi connectivity index (χ0n) is 9.48. The van der Waals surface area contributed by atoms with Crippen molar-refractivity contribution in [3.05, 3.63) is 29.3 Å². The molecule has 3 nitrogen and oxygen atoms in total. The number of hydrogen-bond donors (Lipinski definition) is 0. The average Bonchev–Trinajstić information content (AvgIpc) is 3.07. The maximum absolute atomic E-state index is 12.2. The van der Waals surface area contributed by atoms with Crippen molar-refractivity contribution < 1.29 is 9.59 Å². The number of rotatable bonds is 1. The summed E-state index contributed by atoms with van der Waals surface area (Å²) < 4.78 is 0. The highest BCUT2D eigenvalue weighted by Crippen LogP contribution is 2.48. The number of hydrogen-bond acceptors (Lipinski definition) is 2. The summed E-state index contributed by atoms with van der Waals surface area (Å²) >= 11 is 0. The first-order chi connectivity index (χ1) is 8.25. The molecule has 17 heavy (non-hydrogen) atoms. The van der Waals surface area contributed by atoms with E-state index in [1.54, 1.807) is 0 Å². The van der Waals surface area contributed by atoms with Gasteiger partial charge in [-0.1, -0.05) is 12.1 Å². The van der Waals surface area contributed by atoms with Crippen LogP contribution in [0.2, 0.25) is 0 Å². The molecule has 1 saturated carbocycles. The fourth-order valence-corrected chi connectivity index (χ4v) is 3.22. The van der Waals surface area contributed by atoms with E-state index in [0.29, 0.717) is 18.9 Å². The van der Waals surface area contributed by atoms with Crippen molar-refractivity contribution in [3.8, 4) is 0 Å². The molecule has 2 aliphatic carbocycles. The highest BCUT2D eigenvalue weighted by molar-refractivity contribution is 6.08. The first kappa shape index (κ1) is 9.40. The van der Waals surface area contributed by atoms with Crippen LogP contribution in [0.4, 0.5) is 5.69 Å². The van der Waals surface area contributed by atoms with Gasteiger partial charge in [0.25, 0.3) is 0 Å². The maximum Gasteiger partial charge on any atom is 0.227 e. The van der Waals surface area contributed by atoms with Gasteiger partial charge >= 0.3 is 0 Å². The van der Waals surface area contributed by atoms with Gasteiger partial charge in [-0.25, -0.2) is 0 Å². The number of benzene rings is 1. The van der Waals surface area contributed by atoms with Gasteiger partial charge in [0.05, 0.1) is 0 Å². The molecule has 0 spiro atoms. The number of carbonyl (C=O) groups is 2. The lowest BCUT2D eigenvalue weighted by atomic mass is 9.91. The summed E-state index contributed by atoms with van der Waals surface area (Å²) in [6.45, 7) is 0. The SMILES string of the molecule is O=C1CC2CC(=O)N(C3CC3)c3cccc1c32. The van der Waals surface area contributed by atoms with Crippen molar-refractivity contribution in [1.82, 2.24) is 0 Å². The third-order valence-electron chi connectivity index (χ3n) is 4.08. The number of anilines is 1. The maximum atomic E-state index is 12.2. The average molecular weight is 227 g/mol. The molecule has 0 bridgehead atoms. The number of Topliss-reactive ketones (excluding diaryl/α,β-unsaturated/α-hetero) is 1. The highest BCUT2D eigenvalue weighted by Gasteiger charge is 2.44. The summed E-state index contributed by atoms with van der Waals surface area (Å²) in [5, 5.41) is 0. The van der Waals surface area contributed by atoms with Crippen LogP contribution < -0.4 is 4.90 Å². The number of carbonyl (C=O) groups excluding carboxylic acids is 2. The van der Waals surface area contributed by atoms with Crippen LogP contribution >= 0.6 is 0 Å². The molecule has 1 aromatic carbocycles. The van der Waals surface area contributed by atoms with E-state index in [1.807, 2.05) is 23.1 Å². The minimum absolute atomic E-state index is 0.149. The lowest BCUT2D eigenvalue weighted by Gasteiger charge is -2.32. The minimum Gasteiger partial charge on any atom is -0.309 e. The quantitative estimate of drug-likeness (QED) is 0.738. The van der Waals surface area contributed by atoms with Crippen molar-refractivity contribution >= 4 is 17.4 Å². The van der Waals surface area contributed by atoms with Gasteiger partial charge in [0.2, 0.25) is 5.91 Å². The van der Waals surface area contributed by atoms with Crippen molar-refractivity contribution in [2.45, 2.75) is 37.6 Å². The van der Waals surface area contributed by atoms with Gasteiger partial charge in [-0.2, -0.15) is 0 Å². The Kier molecular flexibility index (Phi) is 1.64. The molecule has 0 aromatic heterocycles. The fraction of sp³-hybridized carbons (Fsp3) is 0.429. The van der Waals surface area contributed by atoms with E-state index in [2.05, 4.69) is 0 Å². The van der Waals surface area contributed by atoms with Crippen LogP contribution in [0.3, 0.4) is 0 Å². The monoisotopic (exact) mass is 227 g/mol. The van der Waals surface area contributed by atoms with Gasteiger partial charge < -0.3 is 4.90 Å². The fourth-order valence-electron chi connectivity index (χ4n) is 3.22. The normalized spacial score (nSPS) is 26.4. The van der Waals surface area contributed by atoms with Gasteiger partial charge in [-0.3, -0.25) is 9.59 Å². The van der Waals surface area contributed by atoms with Crippen molar-refractivity contribution in [1.29, 1.82) is 0 Å². The third-order valence-corrected chi connectivity index (χ3v) is 4.08. The Morgan fingerprint density at radius 1 is 1.12 bits per heavy atom. The molecular weight excluding hydrogens is 214 g/mol. The second kappa shape index (κ2) is 2.97. The Bertz CT molecular complexity index is 545. The molecule has 0 radical (unpaired) electrons. The van der Waals surface area contributed by atoms with Gasteiger partial charge in [0.15, 0.2) is 5.78 Å². The van der Waals surface area contributed by atoms with E-state index < -0.39 is 0 Å². The van der Waals surface area contributed by atoms with Crippen LogP contribution in [0.25, 0.3) is 0 Å². The zero-order valence-corrected chi connectivity index (χ0v) is 9.48. The van der Waals surface area contributed by atoms with Crippen LogP contribution in [-0.2, 0) is 4.79 Å². The molecular formula is C14H13NO2. The number of ketones is 1. The molecule has 1 amide bonds. The van der Waals surface area contributed by atoms with Crippen LogP contribution in [0.15, 0.2) is 18.2 Å². The Morgan fingerprint density at radius 2 is 1.94 bits per heavy atom. The molecule has 0 saturated heterocycles. The van der Waals surface area contributed by atoms with Crippen molar-refractivity contribution in [3.63, 3.8) is 0 Å². The van der Waals surface area contributed by atoms with Crippen molar-refractivity contribution in [2.75, 3.05) is 4.90 Å². The minimum atomic E-state index is 0.149. The zero-order chi connectivity index (χ0) is 11.6. The van der Waals surface area contributed by atoms with E-state index in [-0.39, 0.29) is 17.6 Å². The first-order valence-corrected chi connectivity index (χ1v) is 6.24. The van der Waals surface area contributed by atoms with Crippen LogP contribution in [0.1, 0.15) is 47.5 Å². The standard InChI is InChI=1S/C14H13NO2/c16-12-6-8-7-13(17)15(9-4-5-9)11-3-1-2-10(12)14(8)11/h1-3,8-9H,4-7H2. The van der Waals surface area contributed by atoms with Gasteiger partial charge in [0.1, 0.15) is 0 Å². The van der Waals surface area contributed by atoms with E-state index in [4.69, 9.17) is 0 Å². The molecule has 3 heteroatoms. The van der Waals surface area contributed by atoms with Crippen LogP contribution in [0.5, 0.6) is 0 Å². The molecule has 1 atom stereocenters. The summed E-state index contributed by atoms with van der Waals surface area (Å²) in [4.78, 5) is 26.0. The molecule has 1 heterocycles. The second-order valence-electron chi connectivity index (χ2n) is 5.26. The van der Waals surface area contributed by atoms with Crippen molar-refractivity contribution in [2.24, 2.45) is 0 Å². The predicted octanol–water partition coefficient (Wildman–Crippen LogP) is 2.26. The summed E-state index contributed by atoms with van der Waals surface area (Å²) in [6.07, 6.45) is 3.25. The largest absolute Gasteiger partial charge is 0.309 e. The van der Waals surface area contributed by atoms with E-state index in [9.17, 15) is 9.59 Å². The van der Waals surface area contributed by atoms with E-state index in [1.165, 1.54) is 0 Å². The second-order valence-corrected chi connectivity index (χ2v) is 5.26. The van der Waals surface area contributed by atoms with Gasteiger partial charge in [0, 0.05) is 36.1 Å². The summed E-state index contributed by atoms with van der Waals surface area (Å²) in [5.74, 6) is 0.561. The predicted molar refractivity (Wildman–Crippen MR) is 63.3 cm³/mol. The summed E-state index contributed by atoms with van der Waals surface area (Å²) in [5.41, 5.74) is 3.01. The lowest BCUT2D eigenvalue weighted by Crippen LogP contribution is -2.37. The van der Waals surface area contributed by atoms with Crippen LogP contribution in [0, 0.1) is 0 Å². The molecule has 86 valence electrons. The van der Waals surface area contributed by atoms with Gasteiger partial charge in [-0.05, 0) is 24.5 Å². The molecule has 4 rings (SSSR count). The number of nitrogens with zero attached hydrogens (tertiary/aromatic N) is 1. The first-order valence-electron chi connectivity index (χ1n) is 6.24. The Morgan fingerprint density at radius 3 is 2.71 bits per heavy atom. The molecule has 3 aliphatic rings. The van der Waals surface area contributed by atoms with E-state index >= 15 is 0 Å². The number of amides is 1. The Hall–Kier alpha value is -1.64. The molecule has 0 N–H and O–H groups in total. The Labute approximate surface area is 99.4 Å². The van der Waals surface area contributed by atoms with Crippen LogP contribution in [-0.4, -0.2) is 17.7 Å². The lowest BCUT2D eigenvalue weighted by molar-refractivity contribution is -0.119. The third kappa shape index (κ3) is 1.17. The molecule has 1 fully saturated rings. The summed E-state index contributed by atoms with van der Waals surface area (Å²) in [6, 6.07) is 6.20. The molecule has 1 unspecified atom stereocenters. The molecule has 1 aliphatic heterocycles. The smallest absolute Gasteiger partial charge is 0.227 e. The Balaban J connectivity index is 1.94.